The van der Waals surface area contributed by atoms with Crippen LogP contribution in [0.2, 0.25) is 0 Å². The highest BCUT2D eigenvalue weighted by atomic mass is 15.4. The van der Waals surface area contributed by atoms with Gasteiger partial charge in [-0.15, -0.1) is 11.5 Å². The second kappa shape index (κ2) is 7.27. The molecule has 1 fully saturated rings. The highest BCUT2D eigenvalue weighted by Gasteiger charge is 2.23. The highest BCUT2D eigenvalue weighted by Crippen LogP contribution is 2.29. The minimum atomic E-state index is 0.732. The van der Waals surface area contributed by atoms with Gasteiger partial charge in [-0.3, -0.25) is 9.58 Å². The van der Waals surface area contributed by atoms with Crippen LogP contribution in [0.5, 0.6) is 0 Å². The van der Waals surface area contributed by atoms with E-state index in [2.05, 4.69) is 33.4 Å². The summed E-state index contributed by atoms with van der Waals surface area (Å²) in [5.74, 6) is 3.61. The smallest absolute Gasteiger partial charge is 0.0964 e. The quantitative estimate of drug-likeness (QED) is 0.666. The minimum Gasteiger partial charge on any atom is -0.311 e. The molecule has 1 aromatic heterocycles. The first-order valence-electron chi connectivity index (χ1n) is 7.07. The van der Waals surface area contributed by atoms with Crippen molar-refractivity contribution in [3.05, 3.63) is 11.9 Å². The molecule has 0 aromatic carbocycles. The largest absolute Gasteiger partial charge is 0.311 e. The van der Waals surface area contributed by atoms with Gasteiger partial charge in [-0.2, -0.15) is 0 Å². The summed E-state index contributed by atoms with van der Waals surface area (Å²) in [5, 5.41) is 11.5. The van der Waals surface area contributed by atoms with Crippen LogP contribution in [-0.2, 0) is 13.1 Å². The van der Waals surface area contributed by atoms with Crippen LogP contribution < -0.4 is 5.32 Å². The fourth-order valence-electron chi connectivity index (χ4n) is 2.06. The Hall–Kier alpha value is -1.38. The third-order valence-corrected chi connectivity index (χ3v) is 3.32. The van der Waals surface area contributed by atoms with Gasteiger partial charge in [-0.1, -0.05) is 18.1 Å². The molecule has 0 saturated heterocycles. The number of aromatic nitrogens is 3. The topological polar surface area (TPSA) is 46.0 Å². The Morgan fingerprint density at radius 2 is 2.42 bits per heavy atom. The van der Waals surface area contributed by atoms with Gasteiger partial charge in [0.1, 0.15) is 0 Å². The van der Waals surface area contributed by atoms with E-state index in [-0.39, 0.29) is 0 Å². The van der Waals surface area contributed by atoms with Crippen molar-refractivity contribution in [1.29, 1.82) is 0 Å². The van der Waals surface area contributed by atoms with E-state index in [1.807, 2.05) is 10.9 Å². The van der Waals surface area contributed by atoms with Gasteiger partial charge in [0, 0.05) is 25.8 Å². The zero-order chi connectivity index (χ0) is 13.5. The Morgan fingerprint density at radius 3 is 3.11 bits per heavy atom. The van der Waals surface area contributed by atoms with Gasteiger partial charge in [0.15, 0.2) is 0 Å². The van der Waals surface area contributed by atoms with Crippen LogP contribution in [0.1, 0.15) is 25.5 Å². The van der Waals surface area contributed by atoms with Crippen LogP contribution in [0.4, 0.5) is 0 Å². The summed E-state index contributed by atoms with van der Waals surface area (Å²) in [5.41, 5.74) is 0.993. The fraction of sp³-hybridized carbons (Fsp3) is 0.714. The molecule has 0 atom stereocenters. The lowest BCUT2D eigenvalue weighted by Crippen LogP contribution is -2.30. The maximum atomic E-state index is 5.42. The molecular weight excluding hydrogens is 238 g/mol. The van der Waals surface area contributed by atoms with Crippen LogP contribution in [0.15, 0.2) is 6.20 Å². The second-order valence-electron chi connectivity index (χ2n) is 5.14. The number of rotatable bonds is 9. The van der Waals surface area contributed by atoms with E-state index in [0.29, 0.717) is 0 Å². The molecule has 104 valence electrons. The SMILES string of the molecule is C#CCN(CCn1cc(CNCC)nn1)CC1CC1. The first kappa shape index (κ1) is 14.0. The molecule has 1 N–H and O–H groups in total. The molecule has 1 aliphatic carbocycles. The van der Waals surface area contributed by atoms with E-state index in [4.69, 9.17) is 6.42 Å². The molecule has 1 heterocycles. The zero-order valence-corrected chi connectivity index (χ0v) is 11.7. The lowest BCUT2D eigenvalue weighted by atomic mass is 10.3. The van der Waals surface area contributed by atoms with Gasteiger partial charge in [-0.25, -0.2) is 0 Å². The van der Waals surface area contributed by atoms with Gasteiger partial charge in [0.2, 0.25) is 0 Å². The van der Waals surface area contributed by atoms with E-state index in [1.54, 1.807) is 0 Å². The van der Waals surface area contributed by atoms with Crippen LogP contribution >= 0.6 is 0 Å². The molecule has 0 aliphatic heterocycles. The lowest BCUT2D eigenvalue weighted by Gasteiger charge is -2.18. The van der Waals surface area contributed by atoms with E-state index in [0.717, 1.165) is 50.9 Å². The molecule has 0 radical (unpaired) electrons. The Bertz CT molecular complexity index is 416. The molecule has 1 aliphatic rings. The first-order chi connectivity index (χ1) is 9.31. The average Bonchev–Trinajstić information content (AvgIpc) is 3.11. The summed E-state index contributed by atoms with van der Waals surface area (Å²) in [7, 11) is 0. The molecule has 0 amide bonds. The molecule has 19 heavy (non-hydrogen) atoms. The van der Waals surface area contributed by atoms with E-state index < -0.39 is 0 Å². The van der Waals surface area contributed by atoms with Crippen molar-refractivity contribution in [3.8, 4) is 12.3 Å². The van der Waals surface area contributed by atoms with Gasteiger partial charge < -0.3 is 5.32 Å². The average molecular weight is 261 g/mol. The second-order valence-corrected chi connectivity index (χ2v) is 5.14. The number of nitrogens with zero attached hydrogens (tertiary/aromatic N) is 4. The van der Waals surface area contributed by atoms with Gasteiger partial charge >= 0.3 is 0 Å². The van der Waals surface area contributed by atoms with Crippen LogP contribution in [0.3, 0.4) is 0 Å². The van der Waals surface area contributed by atoms with E-state index >= 15 is 0 Å². The summed E-state index contributed by atoms with van der Waals surface area (Å²) in [4.78, 5) is 2.34. The summed E-state index contributed by atoms with van der Waals surface area (Å²) in [6.07, 6.45) is 10.1. The van der Waals surface area contributed by atoms with Crippen LogP contribution in [0.25, 0.3) is 0 Å². The standard InChI is InChI=1S/C14H23N5/c1-3-7-18(11-13-5-6-13)8-9-19-12-14(16-17-19)10-15-4-2/h1,12-13,15H,4-11H2,2H3. The third kappa shape index (κ3) is 5.01. The molecule has 5 heteroatoms. The van der Waals surface area contributed by atoms with Crippen LogP contribution in [0, 0.1) is 18.3 Å². The molecule has 1 saturated carbocycles. The molecule has 5 nitrogen and oxygen atoms in total. The molecule has 2 rings (SSSR count). The van der Waals surface area contributed by atoms with Crippen molar-refractivity contribution in [2.45, 2.75) is 32.9 Å². The van der Waals surface area contributed by atoms with Crippen molar-refractivity contribution in [2.24, 2.45) is 5.92 Å². The van der Waals surface area contributed by atoms with Crippen molar-refractivity contribution in [1.82, 2.24) is 25.2 Å². The predicted molar refractivity (Wildman–Crippen MR) is 75.4 cm³/mol. The highest BCUT2D eigenvalue weighted by molar-refractivity contribution is 4.92. The molecule has 0 spiro atoms. The van der Waals surface area contributed by atoms with Crippen molar-refractivity contribution in [3.63, 3.8) is 0 Å². The van der Waals surface area contributed by atoms with E-state index in [9.17, 15) is 0 Å². The maximum Gasteiger partial charge on any atom is 0.0964 e. The lowest BCUT2D eigenvalue weighted by molar-refractivity contribution is 0.276. The Kier molecular flexibility index (Phi) is 5.37. The Labute approximate surface area is 115 Å². The maximum absolute atomic E-state index is 5.42. The molecule has 1 aromatic rings. The predicted octanol–water partition coefficient (Wildman–Crippen LogP) is 0.733. The minimum absolute atomic E-state index is 0.732. The molecular formula is C14H23N5. The number of nitrogens with one attached hydrogen (secondary N) is 1. The summed E-state index contributed by atoms with van der Waals surface area (Å²) in [6, 6.07) is 0. The third-order valence-electron chi connectivity index (χ3n) is 3.32. The summed E-state index contributed by atoms with van der Waals surface area (Å²) >= 11 is 0. The number of hydrogen-bond donors (Lipinski definition) is 1. The zero-order valence-electron chi connectivity index (χ0n) is 11.7. The first-order valence-corrected chi connectivity index (χ1v) is 7.07. The van der Waals surface area contributed by atoms with Crippen molar-refractivity contribution < 1.29 is 0 Å². The number of hydrogen-bond acceptors (Lipinski definition) is 4. The van der Waals surface area contributed by atoms with Crippen molar-refractivity contribution in [2.75, 3.05) is 26.2 Å². The molecule has 0 unspecified atom stereocenters. The fourth-order valence-corrected chi connectivity index (χ4v) is 2.06. The monoisotopic (exact) mass is 261 g/mol. The van der Waals surface area contributed by atoms with Crippen LogP contribution in [-0.4, -0.2) is 46.1 Å². The van der Waals surface area contributed by atoms with E-state index in [1.165, 1.54) is 12.8 Å². The summed E-state index contributed by atoms with van der Waals surface area (Å²) < 4.78 is 1.91. The van der Waals surface area contributed by atoms with Gasteiger partial charge in [-0.05, 0) is 25.3 Å². The van der Waals surface area contributed by atoms with Gasteiger partial charge in [0.25, 0.3) is 0 Å². The van der Waals surface area contributed by atoms with Gasteiger partial charge in [0.05, 0.1) is 18.8 Å². The number of terminal acetylenes is 1. The molecule has 0 bridgehead atoms. The Morgan fingerprint density at radius 1 is 1.58 bits per heavy atom. The van der Waals surface area contributed by atoms with Crippen molar-refractivity contribution >= 4 is 0 Å². The summed E-state index contributed by atoms with van der Waals surface area (Å²) in [6.45, 7) is 7.48. The Balaban J connectivity index is 1.75. The normalized spacial score (nSPS) is 14.8.